The first kappa shape index (κ1) is 22.7. The molecule has 3 rings (SSSR count). The second-order valence-electron chi connectivity index (χ2n) is 7.50. The van der Waals surface area contributed by atoms with Crippen LogP contribution in [0.2, 0.25) is 0 Å². The van der Waals surface area contributed by atoms with Crippen molar-refractivity contribution in [2.75, 3.05) is 13.1 Å². The Hall–Kier alpha value is -2.99. The Balaban J connectivity index is 1.79. The molecular formula is C25H27FN2O2S. The molecule has 0 saturated carbocycles. The average Bonchev–Trinajstić information content (AvgIpc) is 3.18. The summed E-state index contributed by atoms with van der Waals surface area (Å²) in [5, 5.41) is 2.03. The number of rotatable bonds is 9. The van der Waals surface area contributed by atoms with E-state index in [0.29, 0.717) is 25.2 Å². The standard InChI is InChI=1S/C25H27FN2O2S/c1-3-14-27(25(30)21-9-11-22(26)12-10-21)18-24(29)28(16-20-7-5-4-6-8-20)17-23-19(2)13-15-31-23/h4-13,15H,3,14,16-18H2,1-2H3. The number of benzene rings is 2. The molecule has 0 bridgehead atoms. The molecule has 4 nitrogen and oxygen atoms in total. The third kappa shape index (κ3) is 6.25. The molecule has 3 aromatic rings. The molecule has 1 aromatic heterocycles. The van der Waals surface area contributed by atoms with Crippen molar-refractivity contribution in [1.29, 1.82) is 0 Å². The molecule has 0 fully saturated rings. The lowest BCUT2D eigenvalue weighted by Crippen LogP contribution is -2.42. The minimum atomic E-state index is -0.393. The van der Waals surface area contributed by atoms with Gasteiger partial charge < -0.3 is 9.80 Å². The van der Waals surface area contributed by atoms with Gasteiger partial charge in [-0.15, -0.1) is 11.3 Å². The highest BCUT2D eigenvalue weighted by atomic mass is 32.1. The molecular weight excluding hydrogens is 411 g/mol. The molecule has 0 aliphatic rings. The average molecular weight is 439 g/mol. The van der Waals surface area contributed by atoms with Crippen molar-refractivity contribution in [2.45, 2.75) is 33.4 Å². The Morgan fingerprint density at radius 1 is 0.935 bits per heavy atom. The molecule has 0 unspecified atom stereocenters. The molecule has 0 saturated heterocycles. The number of amides is 2. The first-order valence-corrected chi connectivity index (χ1v) is 11.3. The Morgan fingerprint density at radius 2 is 1.65 bits per heavy atom. The van der Waals surface area contributed by atoms with Gasteiger partial charge in [-0.1, -0.05) is 37.3 Å². The molecule has 2 amide bonds. The van der Waals surface area contributed by atoms with Crippen LogP contribution in [0.5, 0.6) is 0 Å². The van der Waals surface area contributed by atoms with E-state index in [1.165, 1.54) is 24.3 Å². The van der Waals surface area contributed by atoms with Crippen LogP contribution in [0.1, 0.15) is 39.7 Å². The van der Waals surface area contributed by atoms with Gasteiger partial charge in [0.15, 0.2) is 0 Å². The summed E-state index contributed by atoms with van der Waals surface area (Å²) >= 11 is 1.63. The van der Waals surface area contributed by atoms with Gasteiger partial charge in [-0.3, -0.25) is 9.59 Å². The van der Waals surface area contributed by atoms with Gasteiger partial charge in [-0.05, 0) is 60.2 Å². The number of thiophene rings is 1. The van der Waals surface area contributed by atoms with Crippen LogP contribution in [0.25, 0.3) is 0 Å². The minimum Gasteiger partial charge on any atom is -0.332 e. The van der Waals surface area contributed by atoms with Crippen molar-refractivity contribution in [1.82, 2.24) is 9.80 Å². The van der Waals surface area contributed by atoms with E-state index >= 15 is 0 Å². The zero-order valence-electron chi connectivity index (χ0n) is 17.9. The summed E-state index contributed by atoms with van der Waals surface area (Å²) in [6.45, 7) is 5.43. The normalized spacial score (nSPS) is 10.7. The number of carbonyl (C=O) groups is 2. The van der Waals surface area contributed by atoms with Gasteiger partial charge in [-0.25, -0.2) is 4.39 Å². The Bertz CT molecular complexity index is 1000. The maximum atomic E-state index is 13.3. The largest absolute Gasteiger partial charge is 0.332 e. The number of aryl methyl sites for hydroxylation is 1. The van der Waals surface area contributed by atoms with Crippen molar-refractivity contribution < 1.29 is 14.0 Å². The first-order chi connectivity index (χ1) is 15.0. The molecule has 0 radical (unpaired) electrons. The monoisotopic (exact) mass is 438 g/mol. The zero-order valence-corrected chi connectivity index (χ0v) is 18.7. The summed E-state index contributed by atoms with van der Waals surface area (Å²) in [5.41, 5.74) is 2.58. The molecule has 0 spiro atoms. The predicted molar refractivity (Wildman–Crippen MR) is 122 cm³/mol. The second-order valence-corrected chi connectivity index (χ2v) is 8.50. The van der Waals surface area contributed by atoms with E-state index in [9.17, 15) is 14.0 Å². The Morgan fingerprint density at radius 3 is 2.26 bits per heavy atom. The van der Waals surface area contributed by atoms with E-state index in [0.717, 1.165) is 22.4 Å². The van der Waals surface area contributed by atoms with E-state index in [1.54, 1.807) is 21.1 Å². The predicted octanol–water partition coefficient (Wildman–Crippen LogP) is 5.28. The second kappa shape index (κ2) is 10.9. The summed E-state index contributed by atoms with van der Waals surface area (Å²) in [6.07, 6.45) is 0.725. The zero-order chi connectivity index (χ0) is 22.2. The topological polar surface area (TPSA) is 40.6 Å². The van der Waals surface area contributed by atoms with Crippen LogP contribution in [0.4, 0.5) is 4.39 Å². The van der Waals surface area contributed by atoms with E-state index in [4.69, 9.17) is 0 Å². The summed E-state index contributed by atoms with van der Waals surface area (Å²) in [7, 11) is 0. The summed E-state index contributed by atoms with van der Waals surface area (Å²) in [5.74, 6) is -0.766. The van der Waals surface area contributed by atoms with Crippen molar-refractivity contribution in [3.05, 3.63) is 93.4 Å². The Labute approximate surface area is 186 Å². The summed E-state index contributed by atoms with van der Waals surface area (Å²) in [6, 6.07) is 17.3. The summed E-state index contributed by atoms with van der Waals surface area (Å²) in [4.78, 5) is 30.8. The highest BCUT2D eigenvalue weighted by Gasteiger charge is 2.23. The van der Waals surface area contributed by atoms with Gasteiger partial charge in [0, 0.05) is 23.5 Å². The van der Waals surface area contributed by atoms with Crippen molar-refractivity contribution in [3.8, 4) is 0 Å². The van der Waals surface area contributed by atoms with Gasteiger partial charge >= 0.3 is 0 Å². The Kier molecular flexibility index (Phi) is 7.95. The van der Waals surface area contributed by atoms with Gasteiger partial charge in [-0.2, -0.15) is 0 Å². The highest BCUT2D eigenvalue weighted by Crippen LogP contribution is 2.20. The maximum absolute atomic E-state index is 13.3. The van der Waals surface area contributed by atoms with Crippen molar-refractivity contribution in [2.24, 2.45) is 0 Å². The molecule has 162 valence electrons. The van der Waals surface area contributed by atoms with E-state index < -0.39 is 5.82 Å². The van der Waals surface area contributed by atoms with Gasteiger partial charge in [0.25, 0.3) is 5.91 Å². The van der Waals surface area contributed by atoms with Crippen LogP contribution in [-0.4, -0.2) is 34.7 Å². The van der Waals surface area contributed by atoms with Gasteiger partial charge in [0.1, 0.15) is 12.4 Å². The van der Waals surface area contributed by atoms with E-state index in [2.05, 4.69) is 0 Å². The van der Waals surface area contributed by atoms with Crippen LogP contribution >= 0.6 is 11.3 Å². The lowest BCUT2D eigenvalue weighted by molar-refractivity contribution is -0.133. The fraction of sp³-hybridized carbons (Fsp3) is 0.280. The summed E-state index contributed by atoms with van der Waals surface area (Å²) < 4.78 is 13.3. The van der Waals surface area contributed by atoms with Crippen LogP contribution in [-0.2, 0) is 17.9 Å². The number of nitrogens with zero attached hydrogens (tertiary/aromatic N) is 2. The van der Waals surface area contributed by atoms with Crippen LogP contribution in [0, 0.1) is 12.7 Å². The van der Waals surface area contributed by atoms with Crippen molar-refractivity contribution in [3.63, 3.8) is 0 Å². The number of hydrogen-bond acceptors (Lipinski definition) is 3. The molecule has 0 aliphatic heterocycles. The number of hydrogen-bond donors (Lipinski definition) is 0. The maximum Gasteiger partial charge on any atom is 0.254 e. The molecule has 0 aliphatic carbocycles. The van der Waals surface area contributed by atoms with E-state index in [-0.39, 0.29) is 18.4 Å². The SMILES string of the molecule is CCCN(CC(=O)N(Cc1ccccc1)Cc1sccc1C)C(=O)c1ccc(F)cc1. The number of carbonyl (C=O) groups excluding carboxylic acids is 2. The quantitative estimate of drug-likeness (QED) is 0.456. The van der Waals surface area contributed by atoms with Gasteiger partial charge in [0.05, 0.1) is 6.54 Å². The molecule has 0 atom stereocenters. The highest BCUT2D eigenvalue weighted by molar-refractivity contribution is 7.10. The van der Waals surface area contributed by atoms with E-state index in [1.807, 2.05) is 55.6 Å². The van der Waals surface area contributed by atoms with Crippen LogP contribution in [0.3, 0.4) is 0 Å². The molecule has 2 aromatic carbocycles. The van der Waals surface area contributed by atoms with Gasteiger partial charge in [0.2, 0.25) is 5.91 Å². The molecule has 1 heterocycles. The minimum absolute atomic E-state index is 0.0126. The van der Waals surface area contributed by atoms with Crippen LogP contribution in [0.15, 0.2) is 66.0 Å². The third-order valence-corrected chi connectivity index (χ3v) is 6.08. The fourth-order valence-corrected chi connectivity index (χ4v) is 4.26. The molecule has 0 N–H and O–H groups in total. The molecule has 6 heteroatoms. The van der Waals surface area contributed by atoms with Crippen molar-refractivity contribution >= 4 is 23.2 Å². The lowest BCUT2D eigenvalue weighted by Gasteiger charge is -2.28. The smallest absolute Gasteiger partial charge is 0.254 e. The fourth-order valence-electron chi connectivity index (χ4n) is 3.34. The third-order valence-electron chi connectivity index (χ3n) is 5.07. The first-order valence-electron chi connectivity index (χ1n) is 10.4. The molecule has 31 heavy (non-hydrogen) atoms. The number of halogens is 1. The van der Waals surface area contributed by atoms with Crippen LogP contribution < -0.4 is 0 Å². The lowest BCUT2D eigenvalue weighted by atomic mass is 10.1.